The molecule has 0 heterocycles. The van der Waals surface area contributed by atoms with Gasteiger partial charge in [-0.1, -0.05) is 18.2 Å². The summed E-state index contributed by atoms with van der Waals surface area (Å²) in [5, 5.41) is 11.7. The van der Waals surface area contributed by atoms with Crippen molar-refractivity contribution in [2.75, 3.05) is 6.54 Å². The Labute approximate surface area is 99.7 Å². The van der Waals surface area contributed by atoms with Crippen molar-refractivity contribution >= 4 is 5.97 Å². The first-order valence-electron chi connectivity index (χ1n) is 5.86. The highest BCUT2D eigenvalue weighted by Crippen LogP contribution is 2.37. The zero-order valence-corrected chi connectivity index (χ0v) is 9.53. The van der Waals surface area contributed by atoms with E-state index in [2.05, 4.69) is 5.32 Å². The summed E-state index contributed by atoms with van der Waals surface area (Å²) in [6.45, 7) is 0.490. The first-order valence-corrected chi connectivity index (χ1v) is 5.86. The minimum absolute atomic E-state index is 0.138. The molecule has 3 nitrogen and oxygen atoms in total. The Morgan fingerprint density at radius 3 is 2.76 bits per heavy atom. The summed E-state index contributed by atoms with van der Waals surface area (Å²) in [5.41, 5.74) is 0.781. The minimum atomic E-state index is -0.789. The van der Waals surface area contributed by atoms with Crippen LogP contribution in [0.15, 0.2) is 24.3 Å². The van der Waals surface area contributed by atoms with E-state index in [1.807, 2.05) is 12.1 Å². The lowest BCUT2D eigenvalue weighted by molar-refractivity contribution is -0.136. The monoisotopic (exact) mass is 237 g/mol. The molecule has 0 saturated heterocycles. The van der Waals surface area contributed by atoms with Crippen LogP contribution in [0, 0.1) is 5.82 Å². The van der Waals surface area contributed by atoms with Crippen LogP contribution in [0.4, 0.5) is 4.39 Å². The molecule has 0 bridgehead atoms. The average molecular weight is 237 g/mol. The quantitative estimate of drug-likeness (QED) is 0.824. The Morgan fingerprint density at radius 1 is 1.41 bits per heavy atom. The third kappa shape index (κ3) is 3.03. The molecule has 0 radical (unpaired) electrons. The summed E-state index contributed by atoms with van der Waals surface area (Å²) >= 11 is 0. The first kappa shape index (κ1) is 12.0. The molecule has 1 saturated carbocycles. The van der Waals surface area contributed by atoms with Gasteiger partial charge in [-0.15, -0.1) is 0 Å². The molecule has 17 heavy (non-hydrogen) atoms. The van der Waals surface area contributed by atoms with E-state index in [0.717, 1.165) is 18.4 Å². The number of hydrogen-bond acceptors (Lipinski definition) is 2. The second-order valence-corrected chi connectivity index (χ2v) is 4.48. The number of nitrogens with one attached hydrogen (secondary N) is 1. The van der Waals surface area contributed by atoms with E-state index in [9.17, 15) is 9.18 Å². The first-order chi connectivity index (χ1) is 8.16. The second-order valence-electron chi connectivity index (χ2n) is 4.48. The maximum atomic E-state index is 13.4. The zero-order valence-electron chi connectivity index (χ0n) is 9.53. The van der Waals surface area contributed by atoms with Gasteiger partial charge in [-0.05, 0) is 30.4 Å². The molecule has 0 atom stereocenters. The van der Waals surface area contributed by atoms with Crippen molar-refractivity contribution < 1.29 is 14.3 Å². The highest BCUT2D eigenvalue weighted by molar-refractivity contribution is 5.66. The van der Waals surface area contributed by atoms with Crippen molar-refractivity contribution in [2.45, 2.75) is 31.2 Å². The smallest absolute Gasteiger partial charge is 0.304 e. The maximum Gasteiger partial charge on any atom is 0.304 e. The van der Waals surface area contributed by atoms with E-state index >= 15 is 0 Å². The minimum Gasteiger partial charge on any atom is -0.481 e. The van der Waals surface area contributed by atoms with Crippen LogP contribution in [0.2, 0.25) is 0 Å². The highest BCUT2D eigenvalue weighted by atomic mass is 19.1. The lowest BCUT2D eigenvalue weighted by atomic mass is 9.75. The lowest BCUT2D eigenvalue weighted by Gasteiger charge is -2.36. The summed E-state index contributed by atoms with van der Waals surface area (Å²) in [6, 6.07) is 7.19. The van der Waals surface area contributed by atoms with Crippen molar-refractivity contribution in [3.8, 4) is 0 Å². The molecular weight excluding hydrogens is 221 g/mol. The number of hydrogen-bond donors (Lipinski definition) is 2. The van der Waals surface area contributed by atoms with Gasteiger partial charge in [-0.3, -0.25) is 4.79 Å². The third-order valence-electron chi connectivity index (χ3n) is 3.25. The van der Waals surface area contributed by atoms with E-state index in [0.29, 0.717) is 12.6 Å². The van der Waals surface area contributed by atoms with E-state index < -0.39 is 5.97 Å². The van der Waals surface area contributed by atoms with Crippen molar-refractivity contribution in [1.82, 2.24) is 5.32 Å². The van der Waals surface area contributed by atoms with Crippen LogP contribution in [-0.4, -0.2) is 23.7 Å². The SMILES string of the molecule is O=C(O)CCNC1CC(c2ccccc2F)C1. The standard InChI is InChI=1S/C13H16FNO2/c14-12-4-2-1-3-11(12)9-7-10(8-9)15-6-5-13(16)17/h1-4,9-10,15H,5-8H2,(H,16,17). The summed E-state index contributed by atoms with van der Waals surface area (Å²) < 4.78 is 13.4. The normalized spacial score (nSPS) is 23.1. The van der Waals surface area contributed by atoms with Gasteiger partial charge in [0.25, 0.3) is 0 Å². The average Bonchev–Trinajstić information content (AvgIpc) is 2.23. The van der Waals surface area contributed by atoms with Crippen molar-refractivity contribution in [1.29, 1.82) is 0 Å². The van der Waals surface area contributed by atoms with Gasteiger partial charge in [-0.25, -0.2) is 4.39 Å². The van der Waals surface area contributed by atoms with Gasteiger partial charge in [0.1, 0.15) is 5.82 Å². The Bertz CT molecular complexity index is 402. The summed E-state index contributed by atoms with van der Waals surface area (Å²) in [6.07, 6.45) is 1.92. The number of carboxylic acid groups (broad SMARTS) is 1. The molecule has 2 N–H and O–H groups in total. The molecule has 92 valence electrons. The number of carbonyl (C=O) groups is 1. The molecule has 1 aromatic carbocycles. The summed E-state index contributed by atoms with van der Waals surface area (Å²) in [7, 11) is 0. The number of aliphatic carboxylic acids is 1. The van der Waals surface area contributed by atoms with Crippen LogP contribution < -0.4 is 5.32 Å². The Balaban J connectivity index is 1.76. The second kappa shape index (κ2) is 5.27. The lowest BCUT2D eigenvalue weighted by Crippen LogP contribution is -2.41. The number of carboxylic acids is 1. The fourth-order valence-corrected chi connectivity index (χ4v) is 2.23. The van der Waals surface area contributed by atoms with Gasteiger partial charge in [0.2, 0.25) is 0 Å². The highest BCUT2D eigenvalue weighted by Gasteiger charge is 2.31. The maximum absolute atomic E-state index is 13.4. The fraction of sp³-hybridized carbons (Fsp3) is 0.462. The number of rotatable bonds is 5. The van der Waals surface area contributed by atoms with E-state index in [1.165, 1.54) is 6.07 Å². The molecule has 0 aromatic heterocycles. The van der Waals surface area contributed by atoms with Crippen LogP contribution >= 0.6 is 0 Å². The molecule has 1 aliphatic rings. The molecule has 1 fully saturated rings. The van der Waals surface area contributed by atoms with E-state index in [4.69, 9.17) is 5.11 Å². The summed E-state index contributed by atoms with van der Waals surface area (Å²) in [5.74, 6) is -0.650. The van der Waals surface area contributed by atoms with Crippen LogP contribution in [0.25, 0.3) is 0 Å². The van der Waals surface area contributed by atoms with E-state index in [1.54, 1.807) is 6.07 Å². The molecule has 4 heteroatoms. The van der Waals surface area contributed by atoms with Crippen LogP contribution in [-0.2, 0) is 4.79 Å². The van der Waals surface area contributed by atoms with Gasteiger partial charge in [0.05, 0.1) is 6.42 Å². The molecule has 0 spiro atoms. The zero-order chi connectivity index (χ0) is 12.3. The fourth-order valence-electron chi connectivity index (χ4n) is 2.23. The van der Waals surface area contributed by atoms with Crippen molar-refractivity contribution in [3.05, 3.63) is 35.6 Å². The predicted octanol–water partition coefficient (Wildman–Crippen LogP) is 2.14. The topological polar surface area (TPSA) is 49.3 Å². The molecule has 1 aromatic rings. The van der Waals surface area contributed by atoms with Crippen molar-refractivity contribution in [3.63, 3.8) is 0 Å². The third-order valence-corrected chi connectivity index (χ3v) is 3.25. The molecule has 0 unspecified atom stereocenters. The molecule has 0 amide bonds. The molecular formula is C13H16FNO2. The van der Waals surface area contributed by atoms with Gasteiger partial charge >= 0.3 is 5.97 Å². The molecule has 2 rings (SSSR count). The Kier molecular flexibility index (Phi) is 3.74. The number of halogens is 1. The predicted molar refractivity (Wildman–Crippen MR) is 62.4 cm³/mol. The van der Waals surface area contributed by atoms with Crippen LogP contribution in [0.5, 0.6) is 0 Å². The Morgan fingerprint density at radius 2 is 2.12 bits per heavy atom. The van der Waals surface area contributed by atoms with Gasteiger partial charge < -0.3 is 10.4 Å². The number of benzene rings is 1. The Hall–Kier alpha value is -1.42. The largest absolute Gasteiger partial charge is 0.481 e. The van der Waals surface area contributed by atoms with Crippen LogP contribution in [0.1, 0.15) is 30.7 Å². The molecule has 1 aliphatic carbocycles. The van der Waals surface area contributed by atoms with Gasteiger partial charge in [-0.2, -0.15) is 0 Å². The van der Waals surface area contributed by atoms with E-state index in [-0.39, 0.29) is 18.2 Å². The van der Waals surface area contributed by atoms with Gasteiger partial charge in [0.15, 0.2) is 0 Å². The summed E-state index contributed by atoms with van der Waals surface area (Å²) in [4.78, 5) is 10.3. The van der Waals surface area contributed by atoms with Gasteiger partial charge in [0, 0.05) is 12.6 Å². The van der Waals surface area contributed by atoms with Crippen LogP contribution in [0.3, 0.4) is 0 Å². The molecule has 0 aliphatic heterocycles. The van der Waals surface area contributed by atoms with Crippen molar-refractivity contribution in [2.24, 2.45) is 0 Å².